The van der Waals surface area contributed by atoms with Gasteiger partial charge in [-0.05, 0) is 38.1 Å². The third-order valence-corrected chi connectivity index (χ3v) is 3.82. The summed E-state index contributed by atoms with van der Waals surface area (Å²) in [5.41, 5.74) is 0.569. The highest BCUT2D eigenvalue weighted by Gasteiger charge is 2.25. The Kier molecular flexibility index (Phi) is 4.82. The van der Waals surface area contributed by atoms with Gasteiger partial charge in [-0.25, -0.2) is 0 Å². The van der Waals surface area contributed by atoms with Gasteiger partial charge in [0.2, 0.25) is 0 Å². The summed E-state index contributed by atoms with van der Waals surface area (Å²) in [4.78, 5) is 14.4. The van der Waals surface area contributed by atoms with Gasteiger partial charge in [-0.3, -0.25) is 4.79 Å². The first-order valence-corrected chi connectivity index (χ1v) is 7.23. The maximum Gasteiger partial charge on any atom is 0.255 e. The van der Waals surface area contributed by atoms with Gasteiger partial charge in [0.05, 0.1) is 12.7 Å². The number of methoxy groups -OCH3 is 1. The molecule has 0 aromatic heterocycles. The van der Waals surface area contributed by atoms with E-state index in [9.17, 15) is 4.79 Å². The van der Waals surface area contributed by atoms with Crippen molar-refractivity contribution in [3.63, 3.8) is 0 Å². The van der Waals surface area contributed by atoms with Gasteiger partial charge in [-0.2, -0.15) is 0 Å². The van der Waals surface area contributed by atoms with E-state index in [4.69, 9.17) is 4.74 Å². The van der Waals surface area contributed by atoms with Crippen LogP contribution in [0.5, 0.6) is 5.75 Å². The Morgan fingerprint density at radius 2 is 2.26 bits per heavy atom. The van der Waals surface area contributed by atoms with Gasteiger partial charge in [0.15, 0.2) is 0 Å². The lowest BCUT2D eigenvalue weighted by atomic mass is 10.2. The van der Waals surface area contributed by atoms with Crippen LogP contribution in [0.25, 0.3) is 0 Å². The maximum absolute atomic E-state index is 12.1. The summed E-state index contributed by atoms with van der Waals surface area (Å²) in [5.74, 6) is 0.496. The molecule has 0 atom stereocenters. The number of carbonyl (C=O) groups excluding carboxylic acids is 1. The predicted molar refractivity (Wildman–Crippen MR) is 78.7 cm³/mol. The fraction of sp³-hybridized carbons (Fsp3) is 0.500. The number of halogens is 1. The van der Waals surface area contributed by atoms with E-state index >= 15 is 0 Å². The molecule has 0 saturated heterocycles. The molecule has 0 radical (unpaired) electrons. The highest BCUT2D eigenvalue weighted by Crippen LogP contribution is 2.25. The molecule has 1 aromatic carbocycles. The van der Waals surface area contributed by atoms with Crippen LogP contribution in [0.4, 0.5) is 0 Å². The lowest BCUT2D eigenvalue weighted by molar-refractivity contribution is 0.0946. The van der Waals surface area contributed by atoms with Crippen molar-refractivity contribution in [2.75, 3.05) is 27.2 Å². The standard InChI is InChI=1S/C14H19BrN2O2/c1-17(11-4-5-11)8-7-16-14(18)12-6-3-10(15)9-13(12)19-2/h3,6,9,11H,4-5,7-8H2,1-2H3,(H,16,18). The van der Waals surface area contributed by atoms with E-state index in [1.54, 1.807) is 19.2 Å². The Bertz CT molecular complexity index is 461. The normalized spacial score (nSPS) is 14.5. The van der Waals surface area contributed by atoms with Crippen molar-refractivity contribution < 1.29 is 9.53 Å². The molecule has 1 aromatic rings. The minimum Gasteiger partial charge on any atom is -0.496 e. The van der Waals surface area contributed by atoms with Crippen LogP contribution in [0.1, 0.15) is 23.2 Å². The second-order valence-electron chi connectivity index (χ2n) is 4.81. The third kappa shape index (κ3) is 3.94. The molecule has 0 heterocycles. The van der Waals surface area contributed by atoms with E-state index < -0.39 is 0 Å². The van der Waals surface area contributed by atoms with E-state index in [1.807, 2.05) is 6.07 Å². The predicted octanol–water partition coefficient (Wildman–Crippen LogP) is 2.28. The number of nitrogens with zero attached hydrogens (tertiary/aromatic N) is 1. The molecule has 104 valence electrons. The van der Waals surface area contributed by atoms with Crippen LogP contribution in [0.3, 0.4) is 0 Å². The summed E-state index contributed by atoms with van der Waals surface area (Å²) in [7, 11) is 3.67. The first kappa shape index (κ1) is 14.3. The molecular weight excluding hydrogens is 308 g/mol. The van der Waals surface area contributed by atoms with E-state index in [0.717, 1.165) is 17.1 Å². The SMILES string of the molecule is COc1cc(Br)ccc1C(=O)NCCN(C)C1CC1. The number of benzene rings is 1. The molecule has 0 aliphatic heterocycles. The van der Waals surface area contributed by atoms with Gasteiger partial charge in [-0.15, -0.1) is 0 Å². The lowest BCUT2D eigenvalue weighted by Crippen LogP contribution is -2.34. The fourth-order valence-electron chi connectivity index (χ4n) is 1.99. The zero-order valence-electron chi connectivity index (χ0n) is 11.3. The van der Waals surface area contributed by atoms with Gasteiger partial charge in [0.1, 0.15) is 5.75 Å². The third-order valence-electron chi connectivity index (χ3n) is 3.33. The smallest absolute Gasteiger partial charge is 0.255 e. The van der Waals surface area contributed by atoms with E-state index in [-0.39, 0.29) is 5.91 Å². The second kappa shape index (κ2) is 6.39. The summed E-state index contributed by atoms with van der Waals surface area (Å²) in [6.07, 6.45) is 2.57. The summed E-state index contributed by atoms with van der Waals surface area (Å²) in [5, 5.41) is 2.93. The molecule has 0 bridgehead atoms. The minimum absolute atomic E-state index is 0.0893. The molecule has 0 unspecified atom stereocenters. The monoisotopic (exact) mass is 326 g/mol. The van der Waals surface area contributed by atoms with Crippen LogP contribution in [0.15, 0.2) is 22.7 Å². The van der Waals surface area contributed by atoms with Crippen molar-refractivity contribution in [2.24, 2.45) is 0 Å². The first-order chi connectivity index (χ1) is 9.11. The zero-order chi connectivity index (χ0) is 13.8. The molecule has 5 heteroatoms. The van der Waals surface area contributed by atoms with Crippen molar-refractivity contribution in [3.8, 4) is 5.75 Å². The Morgan fingerprint density at radius 3 is 2.89 bits per heavy atom. The maximum atomic E-state index is 12.1. The number of amides is 1. The Hall–Kier alpha value is -1.07. The topological polar surface area (TPSA) is 41.6 Å². The van der Waals surface area contributed by atoms with Gasteiger partial charge in [0, 0.05) is 23.6 Å². The number of hydrogen-bond acceptors (Lipinski definition) is 3. The quantitative estimate of drug-likeness (QED) is 0.872. The molecule has 1 saturated carbocycles. The molecule has 2 rings (SSSR count). The second-order valence-corrected chi connectivity index (χ2v) is 5.73. The zero-order valence-corrected chi connectivity index (χ0v) is 12.9. The Morgan fingerprint density at radius 1 is 1.53 bits per heavy atom. The summed E-state index contributed by atoms with van der Waals surface area (Å²) in [6, 6.07) is 6.13. The van der Waals surface area contributed by atoms with Crippen molar-refractivity contribution >= 4 is 21.8 Å². The fourth-order valence-corrected chi connectivity index (χ4v) is 2.33. The number of ether oxygens (including phenoxy) is 1. The van der Waals surface area contributed by atoms with Gasteiger partial charge >= 0.3 is 0 Å². The molecular formula is C14H19BrN2O2. The van der Waals surface area contributed by atoms with E-state index in [2.05, 4.69) is 33.2 Å². The molecule has 1 fully saturated rings. The average molecular weight is 327 g/mol. The summed E-state index contributed by atoms with van der Waals surface area (Å²) >= 11 is 3.36. The lowest BCUT2D eigenvalue weighted by Gasteiger charge is -2.16. The van der Waals surface area contributed by atoms with Gasteiger partial charge in [-0.1, -0.05) is 15.9 Å². The van der Waals surface area contributed by atoms with Crippen LogP contribution in [-0.2, 0) is 0 Å². The van der Waals surface area contributed by atoms with E-state index in [1.165, 1.54) is 12.8 Å². The van der Waals surface area contributed by atoms with Crippen molar-refractivity contribution in [1.82, 2.24) is 10.2 Å². The molecule has 1 amide bonds. The first-order valence-electron chi connectivity index (χ1n) is 6.44. The van der Waals surface area contributed by atoms with Crippen LogP contribution >= 0.6 is 15.9 Å². The molecule has 4 nitrogen and oxygen atoms in total. The van der Waals surface area contributed by atoms with Crippen LogP contribution < -0.4 is 10.1 Å². The number of likely N-dealkylation sites (N-methyl/N-ethyl adjacent to an activating group) is 1. The van der Waals surface area contributed by atoms with Crippen molar-refractivity contribution in [2.45, 2.75) is 18.9 Å². The average Bonchev–Trinajstić information content (AvgIpc) is 3.22. The number of carbonyl (C=O) groups is 1. The highest BCUT2D eigenvalue weighted by atomic mass is 79.9. The summed E-state index contributed by atoms with van der Waals surface area (Å²) in [6.45, 7) is 1.54. The van der Waals surface area contributed by atoms with Crippen molar-refractivity contribution in [3.05, 3.63) is 28.2 Å². The molecule has 19 heavy (non-hydrogen) atoms. The molecule has 0 spiro atoms. The van der Waals surface area contributed by atoms with Gasteiger partial charge < -0.3 is 15.0 Å². The van der Waals surface area contributed by atoms with E-state index in [0.29, 0.717) is 17.9 Å². The Balaban J connectivity index is 1.88. The van der Waals surface area contributed by atoms with Crippen molar-refractivity contribution in [1.29, 1.82) is 0 Å². The molecule has 1 aliphatic carbocycles. The minimum atomic E-state index is -0.0893. The highest BCUT2D eigenvalue weighted by molar-refractivity contribution is 9.10. The number of nitrogens with one attached hydrogen (secondary N) is 1. The number of rotatable bonds is 6. The summed E-state index contributed by atoms with van der Waals surface area (Å²) < 4.78 is 6.12. The Labute approximate surface area is 122 Å². The number of hydrogen-bond donors (Lipinski definition) is 1. The van der Waals surface area contributed by atoms with Crippen LogP contribution in [-0.4, -0.2) is 44.1 Å². The van der Waals surface area contributed by atoms with Crippen LogP contribution in [0.2, 0.25) is 0 Å². The van der Waals surface area contributed by atoms with Gasteiger partial charge in [0.25, 0.3) is 5.91 Å². The molecule has 1 N–H and O–H groups in total. The molecule has 1 aliphatic rings. The largest absolute Gasteiger partial charge is 0.496 e. The van der Waals surface area contributed by atoms with Crippen LogP contribution in [0, 0.1) is 0 Å².